The first-order chi connectivity index (χ1) is 15.0. The van der Waals surface area contributed by atoms with Gasteiger partial charge in [0.05, 0.1) is 17.6 Å². The zero-order valence-electron chi connectivity index (χ0n) is 17.5. The van der Waals surface area contributed by atoms with E-state index in [1.165, 1.54) is 20.9 Å². The summed E-state index contributed by atoms with van der Waals surface area (Å²) in [7, 11) is 0. The van der Waals surface area contributed by atoms with Crippen molar-refractivity contribution in [3.8, 4) is 0 Å². The van der Waals surface area contributed by atoms with Crippen molar-refractivity contribution in [1.29, 1.82) is 0 Å². The Morgan fingerprint density at radius 2 is 2.06 bits per heavy atom. The van der Waals surface area contributed by atoms with Gasteiger partial charge in [0.1, 0.15) is 6.04 Å². The number of aromatic nitrogens is 3. The normalized spacial score (nSPS) is 14.1. The summed E-state index contributed by atoms with van der Waals surface area (Å²) in [5.41, 5.74) is 1.59. The molecule has 1 atom stereocenters. The molecule has 8 nitrogen and oxygen atoms in total. The Balaban J connectivity index is 1.63. The number of hydrogen-bond acceptors (Lipinski definition) is 7. The molecule has 1 amide bonds. The van der Waals surface area contributed by atoms with Crippen LogP contribution in [0.15, 0.2) is 29.1 Å². The molecular formula is C22H24N4O4S. The van der Waals surface area contributed by atoms with Gasteiger partial charge in [-0.3, -0.25) is 9.59 Å². The SMILES string of the molecule is CCOC(=O)c1cccc(NC(=O)C(CC)n2nnc3sc4c(c3c2=O)CCCC4)c1. The molecule has 4 rings (SSSR count). The number of esters is 1. The number of hydrogen-bond donors (Lipinski definition) is 1. The lowest BCUT2D eigenvalue weighted by molar-refractivity contribution is -0.119. The monoisotopic (exact) mass is 440 g/mol. The van der Waals surface area contributed by atoms with Crippen molar-refractivity contribution in [1.82, 2.24) is 15.0 Å². The van der Waals surface area contributed by atoms with E-state index in [2.05, 4.69) is 15.6 Å². The van der Waals surface area contributed by atoms with Crippen LogP contribution < -0.4 is 10.9 Å². The van der Waals surface area contributed by atoms with Crippen LogP contribution in [0.2, 0.25) is 0 Å². The number of thiophene rings is 1. The third-order valence-electron chi connectivity index (χ3n) is 5.43. The Bertz CT molecular complexity index is 1200. The lowest BCUT2D eigenvalue weighted by Gasteiger charge is -2.17. The lowest BCUT2D eigenvalue weighted by Crippen LogP contribution is -2.35. The maximum Gasteiger partial charge on any atom is 0.338 e. The molecule has 0 saturated heterocycles. The van der Waals surface area contributed by atoms with Crippen molar-refractivity contribution in [2.24, 2.45) is 0 Å². The molecule has 0 bridgehead atoms. The number of rotatable bonds is 6. The number of benzene rings is 1. The Kier molecular flexibility index (Phi) is 6.13. The van der Waals surface area contributed by atoms with Gasteiger partial charge >= 0.3 is 5.97 Å². The summed E-state index contributed by atoms with van der Waals surface area (Å²) in [4.78, 5) is 40.1. The minimum Gasteiger partial charge on any atom is -0.462 e. The van der Waals surface area contributed by atoms with Gasteiger partial charge in [0, 0.05) is 10.6 Å². The summed E-state index contributed by atoms with van der Waals surface area (Å²) >= 11 is 1.53. The highest BCUT2D eigenvalue weighted by Gasteiger charge is 2.26. The highest BCUT2D eigenvalue weighted by atomic mass is 32.1. The second-order valence-electron chi connectivity index (χ2n) is 7.44. The van der Waals surface area contributed by atoms with E-state index in [9.17, 15) is 14.4 Å². The van der Waals surface area contributed by atoms with Gasteiger partial charge in [0.15, 0.2) is 4.83 Å². The first kappa shape index (κ1) is 21.2. The molecule has 1 unspecified atom stereocenters. The van der Waals surface area contributed by atoms with Crippen LogP contribution in [-0.2, 0) is 22.4 Å². The molecule has 0 aliphatic heterocycles. The Morgan fingerprint density at radius 1 is 1.26 bits per heavy atom. The van der Waals surface area contributed by atoms with Crippen LogP contribution in [0.4, 0.5) is 5.69 Å². The van der Waals surface area contributed by atoms with Crippen molar-refractivity contribution in [3.05, 3.63) is 50.6 Å². The van der Waals surface area contributed by atoms with E-state index in [1.54, 1.807) is 31.2 Å². The lowest BCUT2D eigenvalue weighted by atomic mass is 9.97. The number of ether oxygens (including phenoxy) is 1. The zero-order chi connectivity index (χ0) is 22.0. The van der Waals surface area contributed by atoms with Crippen LogP contribution in [0, 0.1) is 0 Å². The van der Waals surface area contributed by atoms with Gasteiger partial charge in [-0.15, -0.1) is 16.4 Å². The molecule has 2 heterocycles. The fourth-order valence-electron chi connectivity index (χ4n) is 3.92. The summed E-state index contributed by atoms with van der Waals surface area (Å²) in [5, 5.41) is 11.7. The van der Waals surface area contributed by atoms with E-state index in [1.807, 2.05) is 6.92 Å². The second-order valence-corrected chi connectivity index (χ2v) is 8.53. The quantitative estimate of drug-likeness (QED) is 0.589. The average Bonchev–Trinajstić information content (AvgIpc) is 3.15. The Morgan fingerprint density at radius 3 is 2.84 bits per heavy atom. The first-order valence-electron chi connectivity index (χ1n) is 10.5. The maximum atomic E-state index is 13.3. The fraction of sp³-hybridized carbons (Fsp3) is 0.409. The van der Waals surface area contributed by atoms with Gasteiger partial charge < -0.3 is 10.1 Å². The van der Waals surface area contributed by atoms with Crippen LogP contribution in [-0.4, -0.2) is 33.5 Å². The van der Waals surface area contributed by atoms with Gasteiger partial charge in [-0.25, -0.2) is 4.79 Å². The molecule has 1 aliphatic rings. The number of fused-ring (bicyclic) bond motifs is 3. The van der Waals surface area contributed by atoms with Crippen molar-refractivity contribution in [3.63, 3.8) is 0 Å². The molecular weight excluding hydrogens is 416 g/mol. The average molecular weight is 441 g/mol. The molecule has 9 heteroatoms. The number of carbonyl (C=O) groups excluding carboxylic acids is 2. The Hall–Kier alpha value is -3.07. The van der Waals surface area contributed by atoms with E-state index in [0.717, 1.165) is 31.2 Å². The standard InChI is InChI=1S/C22H24N4O4S/c1-3-16(19(27)23-14-9-7-8-13(12-14)22(29)30-4-2)26-21(28)18-15-10-5-6-11-17(15)31-20(18)24-25-26/h7-9,12,16H,3-6,10-11H2,1-2H3,(H,23,27). The number of carbonyl (C=O) groups is 2. The minimum absolute atomic E-state index is 0.268. The van der Waals surface area contributed by atoms with E-state index in [0.29, 0.717) is 27.9 Å². The molecule has 0 spiro atoms. The fourth-order valence-corrected chi connectivity index (χ4v) is 5.12. The van der Waals surface area contributed by atoms with E-state index >= 15 is 0 Å². The topological polar surface area (TPSA) is 103 Å². The molecule has 3 aromatic rings. The number of nitrogens with one attached hydrogen (secondary N) is 1. The van der Waals surface area contributed by atoms with E-state index in [-0.39, 0.29) is 18.1 Å². The molecule has 0 radical (unpaired) electrons. The molecule has 2 aromatic heterocycles. The predicted octanol–water partition coefficient (Wildman–Crippen LogP) is 3.50. The number of anilines is 1. The number of aryl methyl sites for hydroxylation is 2. The van der Waals surface area contributed by atoms with Gasteiger partial charge in [-0.1, -0.05) is 18.2 Å². The van der Waals surface area contributed by atoms with Crippen molar-refractivity contribution < 1.29 is 14.3 Å². The molecule has 1 aliphatic carbocycles. The van der Waals surface area contributed by atoms with Crippen LogP contribution >= 0.6 is 11.3 Å². The van der Waals surface area contributed by atoms with E-state index in [4.69, 9.17) is 4.74 Å². The molecule has 0 fully saturated rings. The summed E-state index contributed by atoms with van der Waals surface area (Å²) in [5.74, 6) is -0.844. The van der Waals surface area contributed by atoms with Crippen LogP contribution in [0.5, 0.6) is 0 Å². The largest absolute Gasteiger partial charge is 0.462 e. The van der Waals surface area contributed by atoms with Gasteiger partial charge in [0.2, 0.25) is 5.91 Å². The predicted molar refractivity (Wildman–Crippen MR) is 119 cm³/mol. The maximum absolute atomic E-state index is 13.3. The summed E-state index contributed by atoms with van der Waals surface area (Å²) < 4.78 is 6.19. The molecule has 162 valence electrons. The van der Waals surface area contributed by atoms with Gasteiger partial charge in [-0.2, -0.15) is 4.68 Å². The minimum atomic E-state index is -0.810. The third kappa shape index (κ3) is 4.10. The summed E-state index contributed by atoms with van der Waals surface area (Å²) in [6, 6.07) is 5.71. The van der Waals surface area contributed by atoms with Gasteiger partial charge in [0.25, 0.3) is 5.56 Å². The first-order valence-corrected chi connectivity index (χ1v) is 11.3. The van der Waals surface area contributed by atoms with Gasteiger partial charge in [-0.05, 0) is 62.8 Å². The molecule has 31 heavy (non-hydrogen) atoms. The van der Waals surface area contributed by atoms with Crippen molar-refractivity contribution >= 4 is 39.1 Å². The highest BCUT2D eigenvalue weighted by Crippen LogP contribution is 2.33. The Labute approximate surface area is 183 Å². The second kappa shape index (κ2) is 8.97. The molecule has 1 N–H and O–H groups in total. The summed E-state index contributed by atoms with van der Waals surface area (Å²) in [6.07, 6.45) is 4.36. The summed E-state index contributed by atoms with van der Waals surface area (Å²) in [6.45, 7) is 3.82. The molecule has 0 saturated carbocycles. The van der Waals surface area contributed by atoms with Crippen molar-refractivity contribution in [2.45, 2.75) is 52.0 Å². The van der Waals surface area contributed by atoms with Crippen molar-refractivity contribution in [2.75, 3.05) is 11.9 Å². The molecule has 1 aromatic carbocycles. The van der Waals surface area contributed by atoms with Crippen LogP contribution in [0.3, 0.4) is 0 Å². The highest BCUT2D eigenvalue weighted by molar-refractivity contribution is 7.18. The third-order valence-corrected chi connectivity index (χ3v) is 6.61. The number of amides is 1. The number of nitrogens with zero attached hydrogens (tertiary/aromatic N) is 3. The van der Waals surface area contributed by atoms with Crippen LogP contribution in [0.25, 0.3) is 10.2 Å². The zero-order valence-corrected chi connectivity index (χ0v) is 18.3. The smallest absolute Gasteiger partial charge is 0.338 e. The van der Waals surface area contributed by atoms with Crippen LogP contribution in [0.1, 0.15) is 60.0 Å². The van der Waals surface area contributed by atoms with E-state index < -0.39 is 12.0 Å².